The van der Waals surface area contributed by atoms with E-state index in [9.17, 15) is 9.50 Å². The zero-order valence-corrected chi connectivity index (χ0v) is 17.4. The summed E-state index contributed by atoms with van der Waals surface area (Å²) in [7, 11) is 1.65. The van der Waals surface area contributed by atoms with E-state index in [2.05, 4.69) is 21.2 Å². The van der Waals surface area contributed by atoms with E-state index in [0.29, 0.717) is 44.0 Å². The van der Waals surface area contributed by atoms with E-state index in [1.807, 2.05) is 12.1 Å². The zero-order valence-electron chi connectivity index (χ0n) is 17.4. The maximum Gasteiger partial charge on any atom is 0.161 e. The molecule has 0 aromatic heterocycles. The molecule has 162 valence electrons. The Bertz CT molecular complexity index is 657. The van der Waals surface area contributed by atoms with Gasteiger partial charge in [0.1, 0.15) is 18.9 Å². The number of halogens is 1. The van der Waals surface area contributed by atoms with Crippen LogP contribution in [0.4, 0.5) is 4.39 Å². The fourth-order valence-corrected chi connectivity index (χ4v) is 4.89. The second kappa shape index (κ2) is 9.60. The second-order valence-electron chi connectivity index (χ2n) is 8.80. The molecular weight excluding hydrogens is 373 g/mol. The third-order valence-corrected chi connectivity index (χ3v) is 6.52. The van der Waals surface area contributed by atoms with Gasteiger partial charge in [-0.1, -0.05) is 6.07 Å². The predicted octanol–water partition coefficient (Wildman–Crippen LogP) is 1.52. The van der Waals surface area contributed by atoms with Crippen molar-refractivity contribution in [3.8, 4) is 11.5 Å². The minimum Gasteiger partial charge on any atom is -0.493 e. The second-order valence-corrected chi connectivity index (χ2v) is 8.80. The highest BCUT2D eigenvalue weighted by Crippen LogP contribution is 2.31. The molecule has 3 heterocycles. The Morgan fingerprint density at radius 3 is 2.55 bits per heavy atom. The molecule has 0 saturated carbocycles. The highest BCUT2D eigenvalue weighted by molar-refractivity contribution is 5.43. The third kappa shape index (κ3) is 5.40. The number of hydrogen-bond donors (Lipinski definition) is 2. The van der Waals surface area contributed by atoms with Crippen molar-refractivity contribution in [1.82, 2.24) is 15.1 Å². The van der Waals surface area contributed by atoms with Gasteiger partial charge in [0.05, 0.1) is 7.11 Å². The number of β-amino-alcohol motifs (C(OH)–C–C–N with tert-alkyl or cyclic N) is 1. The Kier molecular flexibility index (Phi) is 6.90. The molecule has 2 N–H and O–H groups in total. The maximum absolute atomic E-state index is 13.2. The van der Waals surface area contributed by atoms with Crippen molar-refractivity contribution < 1.29 is 19.0 Å². The van der Waals surface area contributed by atoms with Crippen molar-refractivity contribution in [2.45, 2.75) is 31.7 Å². The summed E-state index contributed by atoms with van der Waals surface area (Å²) in [6.45, 7) is 7.64. The standard InChI is InChI=1S/C22H34FN3O3/c1-28-22-8-16(11-26-12-17-9-24-10-18(17)13-26)2-3-21(22)29-15-20(27)14-25-6-4-19(23)5-7-25/h2-3,8,17-20,24,27H,4-7,9-15H2,1H3/t17-,18+,20?. The molecule has 7 heteroatoms. The smallest absolute Gasteiger partial charge is 0.161 e. The lowest BCUT2D eigenvalue weighted by Crippen LogP contribution is -2.41. The average Bonchev–Trinajstić information content (AvgIpc) is 3.30. The first-order valence-electron chi connectivity index (χ1n) is 10.9. The lowest BCUT2D eigenvalue weighted by Gasteiger charge is -2.30. The van der Waals surface area contributed by atoms with Gasteiger partial charge in [-0.25, -0.2) is 4.39 Å². The average molecular weight is 408 g/mol. The molecule has 0 amide bonds. The Hall–Kier alpha value is -1.41. The Morgan fingerprint density at radius 1 is 1.14 bits per heavy atom. The topological polar surface area (TPSA) is 57.2 Å². The fraction of sp³-hybridized carbons (Fsp3) is 0.727. The van der Waals surface area contributed by atoms with Crippen LogP contribution >= 0.6 is 0 Å². The van der Waals surface area contributed by atoms with Crippen molar-refractivity contribution in [3.63, 3.8) is 0 Å². The molecule has 3 fully saturated rings. The molecule has 4 rings (SSSR count). The summed E-state index contributed by atoms with van der Waals surface area (Å²) in [6, 6.07) is 6.07. The molecule has 29 heavy (non-hydrogen) atoms. The van der Waals surface area contributed by atoms with Gasteiger partial charge in [-0.2, -0.15) is 0 Å². The van der Waals surface area contributed by atoms with Gasteiger partial charge < -0.3 is 24.8 Å². The van der Waals surface area contributed by atoms with Crippen molar-refractivity contribution in [2.75, 3.05) is 59.5 Å². The summed E-state index contributed by atoms with van der Waals surface area (Å²) < 4.78 is 24.6. The summed E-state index contributed by atoms with van der Waals surface area (Å²) >= 11 is 0. The molecule has 1 aromatic rings. The van der Waals surface area contributed by atoms with Gasteiger partial charge in [0, 0.05) is 39.3 Å². The number of alkyl halides is 1. The van der Waals surface area contributed by atoms with Gasteiger partial charge in [0.2, 0.25) is 0 Å². The molecule has 3 saturated heterocycles. The summed E-state index contributed by atoms with van der Waals surface area (Å²) in [5.41, 5.74) is 1.22. The number of nitrogens with one attached hydrogen (secondary N) is 1. The number of fused-ring (bicyclic) bond motifs is 1. The van der Waals surface area contributed by atoms with E-state index >= 15 is 0 Å². The first kappa shape index (κ1) is 20.8. The number of aliphatic hydroxyl groups is 1. The SMILES string of the molecule is COc1cc(CN2C[C@H]3CNC[C@H]3C2)ccc1OCC(O)CN1CCC(F)CC1. The highest BCUT2D eigenvalue weighted by Gasteiger charge is 2.35. The van der Waals surface area contributed by atoms with Gasteiger partial charge in [0.25, 0.3) is 0 Å². The number of rotatable bonds is 8. The van der Waals surface area contributed by atoms with E-state index in [0.717, 1.165) is 44.6 Å². The minimum atomic E-state index is -0.695. The first-order valence-corrected chi connectivity index (χ1v) is 10.9. The van der Waals surface area contributed by atoms with E-state index in [1.54, 1.807) is 7.11 Å². The molecule has 0 aliphatic carbocycles. The van der Waals surface area contributed by atoms with Crippen LogP contribution in [0, 0.1) is 11.8 Å². The molecule has 1 unspecified atom stereocenters. The van der Waals surface area contributed by atoms with Gasteiger partial charge in [-0.15, -0.1) is 0 Å². The molecule has 0 bridgehead atoms. The third-order valence-electron chi connectivity index (χ3n) is 6.52. The lowest BCUT2D eigenvalue weighted by atomic mass is 10.0. The number of methoxy groups -OCH3 is 1. The molecule has 3 aliphatic rings. The number of piperidine rings is 1. The van der Waals surface area contributed by atoms with Crippen molar-refractivity contribution in [1.29, 1.82) is 0 Å². The van der Waals surface area contributed by atoms with Gasteiger partial charge in [-0.3, -0.25) is 4.90 Å². The summed E-state index contributed by atoms with van der Waals surface area (Å²) in [4.78, 5) is 4.63. The normalized spacial score (nSPS) is 27.1. The van der Waals surface area contributed by atoms with Crippen LogP contribution in [-0.2, 0) is 6.54 Å². The molecule has 3 atom stereocenters. The highest BCUT2D eigenvalue weighted by atomic mass is 19.1. The molecule has 1 aromatic carbocycles. The van der Waals surface area contributed by atoms with Crippen molar-refractivity contribution in [2.24, 2.45) is 11.8 Å². The quantitative estimate of drug-likeness (QED) is 0.682. The minimum absolute atomic E-state index is 0.202. The van der Waals surface area contributed by atoms with E-state index in [-0.39, 0.29) is 6.61 Å². The van der Waals surface area contributed by atoms with Crippen LogP contribution in [0.15, 0.2) is 18.2 Å². The number of likely N-dealkylation sites (tertiary alicyclic amines) is 2. The molecule has 3 aliphatic heterocycles. The van der Waals surface area contributed by atoms with Gasteiger partial charge in [0.15, 0.2) is 11.5 Å². The van der Waals surface area contributed by atoms with Crippen molar-refractivity contribution >= 4 is 0 Å². The number of benzene rings is 1. The monoisotopic (exact) mass is 407 g/mol. The Labute approximate surface area is 173 Å². The molecular formula is C22H34FN3O3. The van der Waals surface area contributed by atoms with Crippen LogP contribution in [0.2, 0.25) is 0 Å². The number of hydrogen-bond acceptors (Lipinski definition) is 6. The summed E-state index contributed by atoms with van der Waals surface area (Å²) in [5, 5.41) is 13.8. The number of nitrogens with zero attached hydrogens (tertiary/aromatic N) is 2. The van der Waals surface area contributed by atoms with Gasteiger partial charge in [-0.05, 0) is 55.5 Å². The Balaban J connectivity index is 1.26. The predicted molar refractivity (Wildman–Crippen MR) is 110 cm³/mol. The number of aliphatic hydroxyl groups excluding tert-OH is 1. The van der Waals surface area contributed by atoms with Crippen LogP contribution in [0.1, 0.15) is 18.4 Å². The van der Waals surface area contributed by atoms with Crippen LogP contribution < -0.4 is 14.8 Å². The summed E-state index contributed by atoms with van der Waals surface area (Å²) in [6.07, 6.45) is -0.192. The fourth-order valence-electron chi connectivity index (χ4n) is 4.89. The zero-order chi connectivity index (χ0) is 20.2. The van der Waals surface area contributed by atoms with Crippen LogP contribution in [0.5, 0.6) is 11.5 Å². The largest absolute Gasteiger partial charge is 0.493 e. The van der Waals surface area contributed by atoms with Gasteiger partial charge >= 0.3 is 0 Å². The number of ether oxygens (including phenoxy) is 2. The van der Waals surface area contributed by atoms with Crippen LogP contribution in [0.3, 0.4) is 0 Å². The summed E-state index contributed by atoms with van der Waals surface area (Å²) in [5.74, 6) is 2.93. The van der Waals surface area contributed by atoms with E-state index < -0.39 is 12.3 Å². The Morgan fingerprint density at radius 2 is 1.86 bits per heavy atom. The van der Waals surface area contributed by atoms with E-state index in [1.165, 1.54) is 5.56 Å². The van der Waals surface area contributed by atoms with Crippen LogP contribution in [0.25, 0.3) is 0 Å². The van der Waals surface area contributed by atoms with Crippen LogP contribution in [-0.4, -0.2) is 86.7 Å². The molecule has 0 radical (unpaired) electrons. The lowest BCUT2D eigenvalue weighted by molar-refractivity contribution is 0.0500. The van der Waals surface area contributed by atoms with E-state index in [4.69, 9.17) is 9.47 Å². The first-order chi connectivity index (χ1) is 14.1. The maximum atomic E-state index is 13.2. The molecule has 6 nitrogen and oxygen atoms in total. The van der Waals surface area contributed by atoms with Crippen molar-refractivity contribution in [3.05, 3.63) is 23.8 Å². The molecule has 0 spiro atoms.